The number of benzene rings is 1. The Kier molecular flexibility index (Phi) is 3.24. The molecule has 1 aromatic carbocycles. The molecule has 1 aliphatic carbocycles. The summed E-state index contributed by atoms with van der Waals surface area (Å²) in [6, 6.07) is 7.95. The minimum absolute atomic E-state index is 0.119. The van der Waals surface area contributed by atoms with Crippen LogP contribution in [-0.4, -0.2) is 21.9 Å². The number of carbonyl (C=O) groups excluding carboxylic acids is 3. The Morgan fingerprint density at radius 3 is 2.38 bits per heavy atom. The lowest BCUT2D eigenvalue weighted by Gasteiger charge is -2.24. The molecular weight excluding hydrogens is 266 g/mol. The SMILES string of the molecule is CC(=O)C1C(=O)CC(c2cn(C)c3ccccc23)CC1=O. The first-order valence-electron chi connectivity index (χ1n) is 7.09. The Morgan fingerprint density at radius 2 is 1.76 bits per heavy atom. The second-order valence-corrected chi connectivity index (χ2v) is 5.79. The van der Waals surface area contributed by atoms with Crippen molar-refractivity contribution in [1.29, 1.82) is 0 Å². The molecule has 0 unspecified atom stereocenters. The van der Waals surface area contributed by atoms with Crippen molar-refractivity contribution in [1.82, 2.24) is 4.57 Å². The van der Waals surface area contributed by atoms with Crippen LogP contribution in [0.25, 0.3) is 10.9 Å². The van der Waals surface area contributed by atoms with Crippen molar-refractivity contribution < 1.29 is 14.4 Å². The summed E-state index contributed by atoms with van der Waals surface area (Å²) in [5, 5.41) is 1.08. The van der Waals surface area contributed by atoms with Crippen LogP contribution in [0.5, 0.6) is 0 Å². The highest BCUT2D eigenvalue weighted by atomic mass is 16.2. The van der Waals surface area contributed by atoms with E-state index in [4.69, 9.17) is 0 Å². The van der Waals surface area contributed by atoms with E-state index >= 15 is 0 Å². The molecule has 4 nitrogen and oxygen atoms in total. The van der Waals surface area contributed by atoms with Crippen molar-refractivity contribution in [2.75, 3.05) is 0 Å². The van der Waals surface area contributed by atoms with E-state index in [0.717, 1.165) is 16.5 Å². The van der Waals surface area contributed by atoms with Gasteiger partial charge in [0.05, 0.1) is 0 Å². The summed E-state index contributed by atoms with van der Waals surface area (Å²) < 4.78 is 2.01. The van der Waals surface area contributed by atoms with Crippen LogP contribution < -0.4 is 0 Å². The molecular formula is C17H17NO3. The van der Waals surface area contributed by atoms with Gasteiger partial charge >= 0.3 is 0 Å². The van der Waals surface area contributed by atoms with E-state index in [2.05, 4.69) is 0 Å². The number of aryl methyl sites for hydroxylation is 1. The van der Waals surface area contributed by atoms with Gasteiger partial charge in [0.2, 0.25) is 0 Å². The van der Waals surface area contributed by atoms with Gasteiger partial charge in [-0.05, 0) is 24.5 Å². The summed E-state index contributed by atoms with van der Waals surface area (Å²) in [5.74, 6) is -1.96. The Balaban J connectivity index is 2.00. The summed E-state index contributed by atoms with van der Waals surface area (Å²) in [5.41, 5.74) is 2.11. The molecule has 1 heterocycles. The van der Waals surface area contributed by atoms with Gasteiger partial charge in [0, 0.05) is 37.0 Å². The van der Waals surface area contributed by atoms with E-state index in [1.807, 2.05) is 42.1 Å². The monoisotopic (exact) mass is 283 g/mol. The normalized spacial score (nSPS) is 22.8. The lowest BCUT2D eigenvalue weighted by atomic mass is 9.75. The van der Waals surface area contributed by atoms with Crippen molar-refractivity contribution >= 4 is 28.3 Å². The van der Waals surface area contributed by atoms with Crippen LogP contribution in [0, 0.1) is 5.92 Å². The molecule has 3 rings (SSSR count). The van der Waals surface area contributed by atoms with Gasteiger partial charge in [-0.2, -0.15) is 0 Å². The van der Waals surface area contributed by atoms with E-state index in [0.29, 0.717) is 0 Å². The molecule has 0 amide bonds. The first-order valence-corrected chi connectivity index (χ1v) is 7.09. The fourth-order valence-corrected chi connectivity index (χ4v) is 3.34. The molecule has 4 heteroatoms. The van der Waals surface area contributed by atoms with Crippen molar-refractivity contribution in [3.05, 3.63) is 36.0 Å². The molecule has 0 aliphatic heterocycles. The lowest BCUT2D eigenvalue weighted by Crippen LogP contribution is -2.36. The molecule has 0 radical (unpaired) electrons. The Labute approximate surface area is 122 Å². The maximum Gasteiger partial charge on any atom is 0.151 e. The molecule has 2 aromatic rings. The van der Waals surface area contributed by atoms with Gasteiger partial charge in [-0.15, -0.1) is 0 Å². The van der Waals surface area contributed by atoms with E-state index in [1.54, 1.807) is 0 Å². The number of aromatic nitrogens is 1. The maximum atomic E-state index is 12.1. The standard InChI is InChI=1S/C17H17NO3/c1-10(19)17-15(20)7-11(8-16(17)21)13-9-18(2)14-6-4-3-5-12(13)14/h3-6,9,11,17H,7-8H2,1-2H3. The quantitative estimate of drug-likeness (QED) is 0.795. The zero-order valence-electron chi connectivity index (χ0n) is 12.1. The van der Waals surface area contributed by atoms with Crippen molar-refractivity contribution in [3.63, 3.8) is 0 Å². The topological polar surface area (TPSA) is 56.1 Å². The minimum atomic E-state index is -1.03. The van der Waals surface area contributed by atoms with Gasteiger partial charge in [-0.25, -0.2) is 0 Å². The van der Waals surface area contributed by atoms with E-state index < -0.39 is 5.92 Å². The summed E-state index contributed by atoms with van der Waals surface area (Å²) >= 11 is 0. The average molecular weight is 283 g/mol. The number of hydrogen-bond donors (Lipinski definition) is 0. The fraction of sp³-hybridized carbons (Fsp3) is 0.353. The van der Waals surface area contributed by atoms with Crippen LogP contribution in [-0.2, 0) is 21.4 Å². The van der Waals surface area contributed by atoms with Gasteiger partial charge < -0.3 is 4.57 Å². The molecule has 1 fully saturated rings. The van der Waals surface area contributed by atoms with Crippen molar-refractivity contribution in [3.8, 4) is 0 Å². The lowest BCUT2D eigenvalue weighted by molar-refractivity contribution is -0.141. The Hall–Kier alpha value is -2.23. The van der Waals surface area contributed by atoms with E-state index in [1.165, 1.54) is 6.92 Å². The summed E-state index contributed by atoms with van der Waals surface area (Å²) in [6.07, 6.45) is 2.53. The van der Waals surface area contributed by atoms with Crippen LogP contribution in [0.4, 0.5) is 0 Å². The Bertz CT molecular complexity index is 738. The van der Waals surface area contributed by atoms with E-state index in [9.17, 15) is 14.4 Å². The molecule has 1 aliphatic rings. The van der Waals surface area contributed by atoms with Gasteiger partial charge in [0.15, 0.2) is 11.6 Å². The second kappa shape index (κ2) is 4.95. The number of fused-ring (bicyclic) bond motifs is 1. The summed E-state index contributed by atoms with van der Waals surface area (Å²) in [7, 11) is 1.96. The first kappa shape index (κ1) is 13.7. The molecule has 0 bridgehead atoms. The number of para-hydroxylation sites is 1. The van der Waals surface area contributed by atoms with E-state index in [-0.39, 0.29) is 36.1 Å². The zero-order chi connectivity index (χ0) is 15.1. The van der Waals surface area contributed by atoms with Crippen LogP contribution >= 0.6 is 0 Å². The third-order valence-electron chi connectivity index (χ3n) is 4.31. The summed E-state index contributed by atoms with van der Waals surface area (Å²) in [4.78, 5) is 35.7. The molecule has 0 atom stereocenters. The predicted molar refractivity (Wildman–Crippen MR) is 79.1 cm³/mol. The van der Waals surface area contributed by atoms with Gasteiger partial charge in [-0.1, -0.05) is 18.2 Å². The Morgan fingerprint density at radius 1 is 1.14 bits per heavy atom. The molecule has 0 N–H and O–H groups in total. The second-order valence-electron chi connectivity index (χ2n) is 5.79. The highest BCUT2D eigenvalue weighted by Crippen LogP contribution is 2.36. The molecule has 0 spiro atoms. The number of nitrogens with zero attached hydrogens (tertiary/aromatic N) is 1. The smallest absolute Gasteiger partial charge is 0.151 e. The van der Waals surface area contributed by atoms with Crippen molar-refractivity contribution in [2.24, 2.45) is 13.0 Å². The zero-order valence-corrected chi connectivity index (χ0v) is 12.1. The molecule has 1 aromatic heterocycles. The van der Waals surface area contributed by atoms with Gasteiger partial charge in [-0.3, -0.25) is 14.4 Å². The minimum Gasteiger partial charge on any atom is -0.350 e. The van der Waals surface area contributed by atoms with Crippen LogP contribution in [0.15, 0.2) is 30.5 Å². The van der Waals surface area contributed by atoms with Gasteiger partial charge in [0.1, 0.15) is 11.7 Å². The van der Waals surface area contributed by atoms with Crippen LogP contribution in [0.1, 0.15) is 31.2 Å². The number of carbonyl (C=O) groups is 3. The third kappa shape index (κ3) is 2.20. The predicted octanol–water partition coefficient (Wildman–Crippen LogP) is 2.40. The number of rotatable bonds is 2. The first-order chi connectivity index (χ1) is 9.99. The summed E-state index contributed by atoms with van der Waals surface area (Å²) in [6.45, 7) is 1.32. The van der Waals surface area contributed by atoms with Crippen LogP contribution in [0.2, 0.25) is 0 Å². The largest absolute Gasteiger partial charge is 0.350 e. The molecule has 0 saturated heterocycles. The highest BCUT2D eigenvalue weighted by Gasteiger charge is 2.39. The average Bonchev–Trinajstić information content (AvgIpc) is 2.75. The maximum absolute atomic E-state index is 12.1. The fourth-order valence-electron chi connectivity index (χ4n) is 3.34. The number of hydrogen-bond acceptors (Lipinski definition) is 3. The van der Waals surface area contributed by atoms with Crippen molar-refractivity contribution in [2.45, 2.75) is 25.7 Å². The van der Waals surface area contributed by atoms with Gasteiger partial charge in [0.25, 0.3) is 0 Å². The molecule has 108 valence electrons. The third-order valence-corrected chi connectivity index (χ3v) is 4.31. The van der Waals surface area contributed by atoms with Crippen LogP contribution in [0.3, 0.4) is 0 Å². The number of ketones is 3. The number of Topliss-reactive ketones (excluding diaryl/α,β-unsaturated/α-hetero) is 3. The molecule has 1 saturated carbocycles. The highest BCUT2D eigenvalue weighted by molar-refractivity contribution is 6.20. The molecule has 21 heavy (non-hydrogen) atoms.